The van der Waals surface area contributed by atoms with E-state index in [1.165, 1.54) is 35.7 Å². The summed E-state index contributed by atoms with van der Waals surface area (Å²) in [5.74, 6) is -0.254. The van der Waals surface area contributed by atoms with Crippen LogP contribution >= 0.6 is 23.2 Å². The molecule has 0 radical (unpaired) electrons. The Labute approximate surface area is 174 Å². The first-order valence-corrected chi connectivity index (χ1v) is 10.9. The summed E-state index contributed by atoms with van der Waals surface area (Å²) in [5.41, 5.74) is 0.456. The number of carbonyl (C=O) groups excluding carboxylic acids is 1. The molecule has 1 N–H and O–H groups in total. The van der Waals surface area contributed by atoms with Crippen LogP contribution in [0.1, 0.15) is 12.8 Å². The molecule has 9 heteroatoms. The molecule has 1 saturated heterocycles. The number of rotatable bonds is 5. The van der Waals surface area contributed by atoms with E-state index in [0.717, 1.165) is 0 Å². The number of hydrogen-bond acceptors (Lipinski definition) is 4. The van der Waals surface area contributed by atoms with Crippen molar-refractivity contribution < 1.29 is 17.9 Å². The number of halogens is 2. The van der Waals surface area contributed by atoms with Gasteiger partial charge < -0.3 is 10.1 Å². The number of methoxy groups -OCH3 is 1. The molecule has 150 valence electrons. The lowest BCUT2D eigenvalue weighted by Gasteiger charge is -2.31. The van der Waals surface area contributed by atoms with E-state index in [-0.39, 0.29) is 17.3 Å². The maximum absolute atomic E-state index is 12.9. The van der Waals surface area contributed by atoms with E-state index in [0.29, 0.717) is 40.9 Å². The molecule has 1 atom stereocenters. The zero-order valence-corrected chi connectivity index (χ0v) is 17.5. The second-order valence-electron chi connectivity index (χ2n) is 6.49. The van der Waals surface area contributed by atoms with Crippen molar-refractivity contribution in [3.05, 3.63) is 52.5 Å². The summed E-state index contributed by atoms with van der Waals surface area (Å²) in [4.78, 5) is 12.9. The van der Waals surface area contributed by atoms with Gasteiger partial charge in [-0.15, -0.1) is 0 Å². The topological polar surface area (TPSA) is 75.7 Å². The van der Waals surface area contributed by atoms with Crippen molar-refractivity contribution in [2.75, 3.05) is 25.5 Å². The molecule has 1 fully saturated rings. The van der Waals surface area contributed by atoms with Crippen LogP contribution < -0.4 is 10.1 Å². The number of nitrogens with one attached hydrogen (secondary N) is 1. The highest BCUT2D eigenvalue weighted by Gasteiger charge is 2.33. The number of benzene rings is 2. The SMILES string of the molecule is COc1ccc(Cl)cc1NC(=O)C1CCCN(S(=O)(=O)c2ccc(Cl)cc2)C1. The van der Waals surface area contributed by atoms with Crippen LogP contribution in [0.2, 0.25) is 10.0 Å². The largest absolute Gasteiger partial charge is 0.495 e. The molecule has 28 heavy (non-hydrogen) atoms. The Balaban J connectivity index is 1.75. The molecule has 0 saturated carbocycles. The van der Waals surface area contributed by atoms with Gasteiger partial charge in [0.2, 0.25) is 15.9 Å². The van der Waals surface area contributed by atoms with Crippen molar-refractivity contribution >= 4 is 44.8 Å². The molecule has 2 aromatic carbocycles. The van der Waals surface area contributed by atoms with Gasteiger partial charge in [0.05, 0.1) is 23.6 Å². The van der Waals surface area contributed by atoms with E-state index < -0.39 is 15.9 Å². The van der Waals surface area contributed by atoms with E-state index >= 15 is 0 Å². The standard InChI is InChI=1S/C19H20Cl2N2O4S/c1-27-18-9-6-15(21)11-17(18)22-19(24)13-3-2-10-23(12-13)28(25,26)16-7-4-14(20)5-8-16/h4-9,11,13H,2-3,10,12H2,1H3,(H,22,24). The molecule has 0 spiro atoms. The number of sulfonamides is 1. The molecule has 1 aliphatic rings. The zero-order chi connectivity index (χ0) is 20.3. The van der Waals surface area contributed by atoms with Gasteiger partial charge in [0.25, 0.3) is 0 Å². The molecule has 0 aliphatic carbocycles. The fourth-order valence-corrected chi connectivity index (χ4v) is 4.96. The van der Waals surface area contributed by atoms with Crippen molar-refractivity contribution in [3.8, 4) is 5.75 Å². The van der Waals surface area contributed by atoms with Gasteiger partial charge in [0.1, 0.15) is 5.75 Å². The van der Waals surface area contributed by atoms with E-state index in [1.54, 1.807) is 18.2 Å². The summed E-state index contributed by atoms with van der Waals surface area (Å²) in [7, 11) is -2.19. The van der Waals surface area contributed by atoms with Crippen molar-refractivity contribution in [2.45, 2.75) is 17.7 Å². The van der Waals surface area contributed by atoms with Crippen molar-refractivity contribution in [2.24, 2.45) is 5.92 Å². The highest BCUT2D eigenvalue weighted by molar-refractivity contribution is 7.89. The Morgan fingerprint density at radius 1 is 1.14 bits per heavy atom. The van der Waals surface area contributed by atoms with Gasteiger partial charge in [-0.25, -0.2) is 8.42 Å². The molecule has 1 aliphatic heterocycles. The number of hydrogen-bond donors (Lipinski definition) is 1. The Morgan fingerprint density at radius 3 is 2.50 bits per heavy atom. The van der Waals surface area contributed by atoms with E-state index in [4.69, 9.17) is 27.9 Å². The zero-order valence-electron chi connectivity index (χ0n) is 15.2. The van der Waals surface area contributed by atoms with E-state index in [1.807, 2.05) is 0 Å². The van der Waals surface area contributed by atoms with Crippen LogP contribution in [0.5, 0.6) is 5.75 Å². The lowest BCUT2D eigenvalue weighted by Crippen LogP contribution is -2.43. The summed E-state index contributed by atoms with van der Waals surface area (Å²) >= 11 is 11.8. The van der Waals surface area contributed by atoms with Gasteiger partial charge in [-0.05, 0) is 55.3 Å². The highest BCUT2D eigenvalue weighted by Crippen LogP contribution is 2.30. The van der Waals surface area contributed by atoms with Crippen molar-refractivity contribution in [1.82, 2.24) is 4.31 Å². The molecular formula is C19H20Cl2N2O4S. The number of nitrogens with zero attached hydrogens (tertiary/aromatic N) is 1. The number of amides is 1. The van der Waals surface area contributed by atoms with Gasteiger partial charge in [-0.1, -0.05) is 23.2 Å². The minimum atomic E-state index is -3.69. The van der Waals surface area contributed by atoms with Gasteiger partial charge in [-0.2, -0.15) is 4.31 Å². The quantitative estimate of drug-likeness (QED) is 0.757. The van der Waals surface area contributed by atoms with Crippen LogP contribution in [0.25, 0.3) is 0 Å². The Kier molecular flexibility index (Phi) is 6.50. The van der Waals surface area contributed by atoms with Gasteiger partial charge in [0.15, 0.2) is 0 Å². The summed E-state index contributed by atoms with van der Waals surface area (Å²) in [6.07, 6.45) is 1.19. The van der Waals surface area contributed by atoms with Gasteiger partial charge in [0, 0.05) is 23.1 Å². The molecule has 0 bridgehead atoms. The molecule has 1 heterocycles. The molecular weight excluding hydrogens is 423 g/mol. The molecule has 0 aromatic heterocycles. The molecule has 1 unspecified atom stereocenters. The summed E-state index contributed by atoms with van der Waals surface area (Å²) in [6.45, 7) is 0.481. The van der Waals surface area contributed by atoms with Gasteiger partial charge in [-0.3, -0.25) is 4.79 Å². The monoisotopic (exact) mass is 442 g/mol. The summed E-state index contributed by atoms with van der Waals surface area (Å²) < 4.78 is 32.4. The maximum Gasteiger partial charge on any atom is 0.243 e. The first kappa shape index (κ1) is 20.9. The normalized spacial score (nSPS) is 17.9. The first-order valence-electron chi connectivity index (χ1n) is 8.71. The number of anilines is 1. The van der Waals surface area contributed by atoms with Crippen LogP contribution in [-0.4, -0.2) is 38.8 Å². The lowest BCUT2D eigenvalue weighted by molar-refractivity contribution is -0.120. The van der Waals surface area contributed by atoms with Crippen LogP contribution in [0, 0.1) is 5.92 Å². The highest BCUT2D eigenvalue weighted by atomic mass is 35.5. The second-order valence-corrected chi connectivity index (χ2v) is 9.30. The second kappa shape index (κ2) is 8.69. The average molecular weight is 443 g/mol. The van der Waals surface area contributed by atoms with Crippen LogP contribution in [0.3, 0.4) is 0 Å². The summed E-state index contributed by atoms with van der Waals surface area (Å²) in [6, 6.07) is 10.9. The van der Waals surface area contributed by atoms with Crippen LogP contribution in [0.4, 0.5) is 5.69 Å². The third-order valence-electron chi connectivity index (χ3n) is 4.63. The van der Waals surface area contributed by atoms with E-state index in [2.05, 4.69) is 5.32 Å². The molecule has 3 rings (SSSR count). The first-order chi connectivity index (χ1) is 13.3. The molecule has 1 amide bonds. The number of carbonyl (C=O) groups is 1. The molecule has 6 nitrogen and oxygen atoms in total. The third-order valence-corrected chi connectivity index (χ3v) is 6.99. The Bertz CT molecular complexity index is 964. The Hall–Kier alpha value is -1.80. The van der Waals surface area contributed by atoms with Crippen molar-refractivity contribution in [1.29, 1.82) is 0 Å². The van der Waals surface area contributed by atoms with Gasteiger partial charge >= 0.3 is 0 Å². The smallest absolute Gasteiger partial charge is 0.243 e. The number of ether oxygens (including phenoxy) is 1. The predicted octanol–water partition coefficient (Wildman–Crippen LogP) is 4.04. The van der Waals surface area contributed by atoms with E-state index in [9.17, 15) is 13.2 Å². The minimum Gasteiger partial charge on any atom is -0.495 e. The third kappa shape index (κ3) is 4.60. The average Bonchev–Trinajstić information content (AvgIpc) is 2.68. The molecule has 2 aromatic rings. The van der Waals surface area contributed by atoms with Crippen LogP contribution in [0.15, 0.2) is 47.4 Å². The summed E-state index contributed by atoms with van der Waals surface area (Å²) in [5, 5.41) is 3.73. The van der Waals surface area contributed by atoms with Crippen molar-refractivity contribution in [3.63, 3.8) is 0 Å². The fourth-order valence-electron chi connectivity index (χ4n) is 3.14. The predicted molar refractivity (Wildman–Crippen MR) is 110 cm³/mol. The number of piperidine rings is 1. The lowest BCUT2D eigenvalue weighted by atomic mass is 9.98. The Morgan fingerprint density at radius 2 is 1.82 bits per heavy atom. The fraction of sp³-hybridized carbons (Fsp3) is 0.316. The minimum absolute atomic E-state index is 0.111. The maximum atomic E-state index is 12.9. The van der Waals surface area contributed by atoms with Crippen LogP contribution in [-0.2, 0) is 14.8 Å².